The second-order valence-electron chi connectivity index (χ2n) is 5.14. The highest BCUT2D eigenvalue weighted by Crippen LogP contribution is 2.21. The van der Waals surface area contributed by atoms with Crippen LogP contribution in [0.1, 0.15) is 24.5 Å². The van der Waals surface area contributed by atoms with E-state index in [0.717, 1.165) is 24.1 Å². The van der Waals surface area contributed by atoms with E-state index in [-0.39, 0.29) is 18.0 Å². The summed E-state index contributed by atoms with van der Waals surface area (Å²) < 4.78 is 13.2. The fourth-order valence-corrected chi connectivity index (χ4v) is 2.15. The number of hydrogen-bond acceptors (Lipinski definition) is 3. The van der Waals surface area contributed by atoms with Gasteiger partial charge >= 0.3 is 5.69 Å². The molecule has 0 aliphatic heterocycles. The van der Waals surface area contributed by atoms with Crippen molar-refractivity contribution in [2.45, 2.75) is 26.2 Å². The van der Waals surface area contributed by atoms with Gasteiger partial charge in [-0.15, -0.1) is 0 Å². The maximum absolute atomic E-state index is 13.2. The number of carbonyl (C=O) groups is 1. The zero-order chi connectivity index (χ0) is 16.8. The van der Waals surface area contributed by atoms with Gasteiger partial charge in [-0.2, -0.15) is 4.39 Å². The molecule has 2 aromatic rings. The summed E-state index contributed by atoms with van der Waals surface area (Å²) in [5.74, 6) is -1.20. The van der Waals surface area contributed by atoms with Crippen molar-refractivity contribution in [3.63, 3.8) is 0 Å². The highest BCUT2D eigenvalue weighted by molar-refractivity contribution is 5.91. The Hall–Kier alpha value is -2.76. The van der Waals surface area contributed by atoms with Gasteiger partial charge in [-0.3, -0.25) is 14.9 Å². The Kier molecular flexibility index (Phi) is 5.41. The minimum absolute atomic E-state index is 0.212. The lowest BCUT2D eigenvalue weighted by Crippen LogP contribution is -2.12. The quantitative estimate of drug-likeness (QED) is 0.649. The maximum atomic E-state index is 13.2. The first-order valence-electron chi connectivity index (χ1n) is 7.31. The summed E-state index contributed by atoms with van der Waals surface area (Å²) in [7, 11) is 0. The molecule has 1 amide bonds. The number of nitro benzene ring substituents is 1. The summed E-state index contributed by atoms with van der Waals surface area (Å²) in [5, 5.41) is 13.2. The van der Waals surface area contributed by atoms with Gasteiger partial charge in [-0.05, 0) is 36.1 Å². The van der Waals surface area contributed by atoms with Gasteiger partial charge in [0.1, 0.15) is 0 Å². The smallest absolute Gasteiger partial charge is 0.306 e. The Morgan fingerprint density at radius 3 is 2.43 bits per heavy atom. The monoisotopic (exact) mass is 316 g/mol. The summed E-state index contributed by atoms with van der Waals surface area (Å²) in [6.07, 6.45) is 1.78. The average molecular weight is 316 g/mol. The molecule has 1 N–H and O–H groups in total. The van der Waals surface area contributed by atoms with Crippen molar-refractivity contribution in [3.05, 3.63) is 69.5 Å². The fourth-order valence-electron chi connectivity index (χ4n) is 2.15. The van der Waals surface area contributed by atoms with E-state index in [1.54, 1.807) is 0 Å². The van der Waals surface area contributed by atoms with Crippen LogP contribution in [0.25, 0.3) is 0 Å². The number of anilines is 1. The number of carbonyl (C=O) groups excluding carboxylic acids is 1. The Labute approximate surface area is 133 Å². The van der Waals surface area contributed by atoms with Crippen LogP contribution in [-0.4, -0.2) is 10.8 Å². The van der Waals surface area contributed by atoms with Gasteiger partial charge in [0, 0.05) is 18.2 Å². The Morgan fingerprint density at radius 2 is 1.83 bits per heavy atom. The molecule has 0 spiro atoms. The van der Waals surface area contributed by atoms with Crippen molar-refractivity contribution in [2.24, 2.45) is 0 Å². The second kappa shape index (κ2) is 7.49. The molecular formula is C17H17FN2O3. The normalized spacial score (nSPS) is 10.3. The van der Waals surface area contributed by atoms with Crippen molar-refractivity contribution in [1.82, 2.24) is 0 Å². The van der Waals surface area contributed by atoms with E-state index in [9.17, 15) is 19.3 Å². The van der Waals surface area contributed by atoms with Gasteiger partial charge < -0.3 is 5.32 Å². The lowest BCUT2D eigenvalue weighted by Gasteiger charge is -2.06. The largest absolute Gasteiger partial charge is 0.326 e. The van der Waals surface area contributed by atoms with E-state index in [4.69, 9.17) is 0 Å². The number of aryl methyl sites for hydroxylation is 2. The van der Waals surface area contributed by atoms with E-state index in [0.29, 0.717) is 6.42 Å². The number of nitrogens with one attached hydrogen (secondary N) is 1. The zero-order valence-electron chi connectivity index (χ0n) is 12.7. The lowest BCUT2D eigenvalue weighted by molar-refractivity contribution is -0.387. The molecule has 0 heterocycles. The summed E-state index contributed by atoms with van der Waals surface area (Å²) >= 11 is 0. The van der Waals surface area contributed by atoms with Crippen molar-refractivity contribution in [2.75, 3.05) is 5.32 Å². The maximum Gasteiger partial charge on any atom is 0.306 e. The molecule has 2 rings (SSSR count). The standard InChI is InChI=1S/C17H17FN2O3/c1-2-12-3-5-13(6-4-12)7-10-17(21)19-14-8-9-15(18)16(11-14)20(22)23/h3-6,8-9,11H,2,7,10H2,1H3,(H,19,21). The van der Waals surface area contributed by atoms with Gasteiger partial charge in [0.05, 0.1) is 4.92 Å². The molecular weight excluding hydrogens is 299 g/mol. The van der Waals surface area contributed by atoms with Gasteiger partial charge in [0.2, 0.25) is 11.7 Å². The van der Waals surface area contributed by atoms with Crippen molar-refractivity contribution < 1.29 is 14.1 Å². The predicted molar refractivity (Wildman–Crippen MR) is 85.8 cm³/mol. The summed E-state index contributed by atoms with van der Waals surface area (Å²) in [6.45, 7) is 2.07. The van der Waals surface area contributed by atoms with Crippen LogP contribution in [-0.2, 0) is 17.6 Å². The van der Waals surface area contributed by atoms with Crippen LogP contribution in [0.2, 0.25) is 0 Å². The van der Waals surface area contributed by atoms with Crippen LogP contribution in [0, 0.1) is 15.9 Å². The van der Waals surface area contributed by atoms with Gasteiger partial charge in [0.15, 0.2) is 0 Å². The molecule has 0 aliphatic rings. The first-order chi connectivity index (χ1) is 11.0. The van der Waals surface area contributed by atoms with Crippen molar-refractivity contribution in [1.29, 1.82) is 0 Å². The van der Waals surface area contributed by atoms with Crippen molar-refractivity contribution in [3.8, 4) is 0 Å². The van der Waals surface area contributed by atoms with Gasteiger partial charge in [-0.1, -0.05) is 31.2 Å². The summed E-state index contributed by atoms with van der Waals surface area (Å²) in [5.41, 5.74) is 1.83. The topological polar surface area (TPSA) is 72.2 Å². The molecule has 0 fully saturated rings. The Bertz CT molecular complexity index is 714. The highest BCUT2D eigenvalue weighted by atomic mass is 19.1. The molecule has 0 aromatic heterocycles. The summed E-state index contributed by atoms with van der Waals surface area (Å²) in [4.78, 5) is 21.8. The molecule has 0 saturated heterocycles. The van der Waals surface area contributed by atoms with E-state index in [1.807, 2.05) is 24.3 Å². The molecule has 0 unspecified atom stereocenters. The number of nitrogens with zero attached hydrogens (tertiary/aromatic N) is 1. The number of rotatable bonds is 6. The number of halogens is 1. The fraction of sp³-hybridized carbons (Fsp3) is 0.235. The molecule has 0 bridgehead atoms. The predicted octanol–water partition coefficient (Wildman–Crippen LogP) is 3.87. The van der Waals surface area contributed by atoms with Crippen LogP contribution in [0.5, 0.6) is 0 Å². The number of nitro groups is 1. The molecule has 0 saturated carbocycles. The molecule has 6 heteroatoms. The Morgan fingerprint density at radius 1 is 1.17 bits per heavy atom. The Balaban J connectivity index is 1.94. The number of amides is 1. The SMILES string of the molecule is CCc1ccc(CCC(=O)Nc2ccc(F)c([N+](=O)[O-])c2)cc1. The van der Waals surface area contributed by atoms with Gasteiger partial charge in [0.25, 0.3) is 0 Å². The molecule has 120 valence electrons. The number of hydrogen-bond donors (Lipinski definition) is 1. The molecule has 5 nitrogen and oxygen atoms in total. The zero-order valence-corrected chi connectivity index (χ0v) is 12.7. The molecule has 0 aliphatic carbocycles. The van der Waals surface area contributed by atoms with Crippen LogP contribution in [0.15, 0.2) is 42.5 Å². The first kappa shape index (κ1) is 16.6. The molecule has 2 aromatic carbocycles. The van der Waals surface area contributed by atoms with E-state index >= 15 is 0 Å². The second-order valence-corrected chi connectivity index (χ2v) is 5.14. The third kappa shape index (κ3) is 4.60. The van der Waals surface area contributed by atoms with E-state index in [1.165, 1.54) is 11.6 Å². The van der Waals surface area contributed by atoms with E-state index < -0.39 is 16.4 Å². The third-order valence-electron chi connectivity index (χ3n) is 3.50. The van der Waals surface area contributed by atoms with Crippen LogP contribution in [0.3, 0.4) is 0 Å². The van der Waals surface area contributed by atoms with Crippen molar-refractivity contribution >= 4 is 17.3 Å². The van der Waals surface area contributed by atoms with Crippen LogP contribution >= 0.6 is 0 Å². The minimum Gasteiger partial charge on any atom is -0.326 e. The van der Waals surface area contributed by atoms with E-state index in [2.05, 4.69) is 12.2 Å². The van der Waals surface area contributed by atoms with Crippen LogP contribution in [0.4, 0.5) is 15.8 Å². The average Bonchev–Trinajstić information content (AvgIpc) is 2.55. The van der Waals surface area contributed by atoms with Crippen LogP contribution < -0.4 is 5.32 Å². The summed E-state index contributed by atoms with van der Waals surface area (Å²) in [6, 6.07) is 11.3. The number of benzene rings is 2. The minimum atomic E-state index is -0.927. The molecule has 23 heavy (non-hydrogen) atoms. The first-order valence-corrected chi connectivity index (χ1v) is 7.31. The third-order valence-corrected chi connectivity index (χ3v) is 3.50. The highest BCUT2D eigenvalue weighted by Gasteiger charge is 2.15. The van der Waals surface area contributed by atoms with Gasteiger partial charge in [-0.25, -0.2) is 0 Å². The molecule has 0 atom stereocenters. The molecule has 0 radical (unpaired) electrons. The lowest BCUT2D eigenvalue weighted by atomic mass is 10.1.